The summed E-state index contributed by atoms with van der Waals surface area (Å²) in [5.74, 6) is 0.311. The topological polar surface area (TPSA) is 52.6 Å². The lowest BCUT2D eigenvalue weighted by Gasteiger charge is -2.24. The molecule has 1 unspecified atom stereocenters. The highest BCUT2D eigenvalue weighted by atomic mass is 32.1. The van der Waals surface area contributed by atoms with E-state index in [1.54, 1.807) is 23.5 Å². The van der Waals surface area contributed by atoms with Gasteiger partial charge in [-0.3, -0.25) is 9.69 Å². The molecule has 1 aromatic carbocycles. The van der Waals surface area contributed by atoms with Gasteiger partial charge in [0.05, 0.1) is 13.1 Å². The van der Waals surface area contributed by atoms with E-state index < -0.39 is 0 Å². The summed E-state index contributed by atoms with van der Waals surface area (Å²) in [6.45, 7) is 3.07. The fourth-order valence-electron chi connectivity index (χ4n) is 2.17. The Bertz CT molecular complexity index is 581. The zero-order valence-corrected chi connectivity index (χ0v) is 13.8. The van der Waals surface area contributed by atoms with Crippen LogP contribution < -0.4 is 5.32 Å². The molecule has 22 heavy (non-hydrogen) atoms. The molecule has 0 aliphatic rings. The molecule has 0 aliphatic carbocycles. The van der Waals surface area contributed by atoms with Gasteiger partial charge in [0, 0.05) is 10.9 Å². The summed E-state index contributed by atoms with van der Waals surface area (Å²) in [4.78, 5) is 15.2. The average molecular weight is 318 g/mol. The quantitative estimate of drug-likeness (QED) is 0.825. The highest BCUT2D eigenvalue weighted by molar-refractivity contribution is 7.09. The van der Waals surface area contributed by atoms with Crippen molar-refractivity contribution in [2.75, 3.05) is 13.6 Å². The van der Waals surface area contributed by atoms with Crippen LogP contribution >= 0.6 is 11.3 Å². The summed E-state index contributed by atoms with van der Waals surface area (Å²) in [6.07, 6.45) is 0.842. The molecule has 1 aromatic heterocycles. The molecule has 0 saturated heterocycles. The second-order valence-corrected chi connectivity index (χ2v) is 6.52. The van der Waals surface area contributed by atoms with Crippen LogP contribution in [0.25, 0.3) is 0 Å². The van der Waals surface area contributed by atoms with Gasteiger partial charge in [0.2, 0.25) is 5.91 Å². The van der Waals surface area contributed by atoms with Gasteiger partial charge in [-0.2, -0.15) is 0 Å². The smallest absolute Gasteiger partial charge is 0.234 e. The molecule has 5 heteroatoms. The molecule has 0 bridgehead atoms. The van der Waals surface area contributed by atoms with E-state index >= 15 is 0 Å². The van der Waals surface area contributed by atoms with E-state index in [4.69, 9.17) is 0 Å². The summed E-state index contributed by atoms with van der Waals surface area (Å²) >= 11 is 1.64. The minimum atomic E-state index is 0.0356. The van der Waals surface area contributed by atoms with Crippen molar-refractivity contribution in [2.24, 2.45) is 0 Å². The predicted molar refractivity (Wildman–Crippen MR) is 90.1 cm³/mol. The molecule has 0 spiro atoms. The Morgan fingerprint density at radius 2 is 2.05 bits per heavy atom. The summed E-state index contributed by atoms with van der Waals surface area (Å²) in [5.41, 5.74) is 1.15. The molecule has 0 fully saturated rings. The standard InChI is InChI=1S/C17H22N2O2S/c1-13(10-14-5-7-15(20)8-6-14)19(2)12-17(21)18-11-16-4-3-9-22-16/h3-9,13,20H,10-12H2,1-2H3,(H,18,21). The number of carbonyl (C=O) groups is 1. The van der Waals surface area contributed by atoms with Crippen LogP contribution in [0.15, 0.2) is 41.8 Å². The van der Waals surface area contributed by atoms with Gasteiger partial charge in [0.1, 0.15) is 5.75 Å². The van der Waals surface area contributed by atoms with Gasteiger partial charge >= 0.3 is 0 Å². The molecule has 4 nitrogen and oxygen atoms in total. The number of amides is 1. The second-order valence-electron chi connectivity index (χ2n) is 5.49. The average Bonchev–Trinajstić information content (AvgIpc) is 3.01. The van der Waals surface area contributed by atoms with Crippen LogP contribution in [0.5, 0.6) is 5.75 Å². The number of hydrogen-bond donors (Lipinski definition) is 2. The highest BCUT2D eigenvalue weighted by Gasteiger charge is 2.13. The Morgan fingerprint density at radius 1 is 1.32 bits per heavy atom. The Hall–Kier alpha value is -1.85. The summed E-state index contributed by atoms with van der Waals surface area (Å²) in [6, 6.07) is 11.5. The van der Waals surface area contributed by atoms with Crippen LogP contribution in [0, 0.1) is 0 Å². The first kappa shape index (κ1) is 16.5. The maximum absolute atomic E-state index is 12.0. The van der Waals surface area contributed by atoms with Crippen molar-refractivity contribution in [1.29, 1.82) is 0 Å². The number of benzene rings is 1. The van der Waals surface area contributed by atoms with Gasteiger partial charge in [0.15, 0.2) is 0 Å². The van der Waals surface area contributed by atoms with E-state index in [-0.39, 0.29) is 17.7 Å². The van der Waals surface area contributed by atoms with Crippen molar-refractivity contribution >= 4 is 17.2 Å². The lowest BCUT2D eigenvalue weighted by atomic mass is 10.1. The zero-order valence-electron chi connectivity index (χ0n) is 13.0. The SMILES string of the molecule is CC(Cc1ccc(O)cc1)N(C)CC(=O)NCc1cccs1. The predicted octanol–water partition coefficient (Wildman–Crippen LogP) is 2.63. The van der Waals surface area contributed by atoms with Crippen LogP contribution in [0.3, 0.4) is 0 Å². The van der Waals surface area contributed by atoms with E-state index in [1.807, 2.05) is 41.6 Å². The third-order valence-corrected chi connectivity index (χ3v) is 4.53. The van der Waals surface area contributed by atoms with Gasteiger partial charge < -0.3 is 10.4 Å². The van der Waals surface area contributed by atoms with Crippen molar-refractivity contribution in [3.8, 4) is 5.75 Å². The lowest BCUT2D eigenvalue weighted by molar-refractivity contribution is -0.122. The molecule has 1 amide bonds. The fraction of sp³-hybridized carbons (Fsp3) is 0.353. The molecule has 0 saturated carbocycles. The largest absolute Gasteiger partial charge is 0.508 e. The summed E-state index contributed by atoms with van der Waals surface area (Å²) < 4.78 is 0. The van der Waals surface area contributed by atoms with Crippen LogP contribution in [-0.2, 0) is 17.8 Å². The molecule has 2 rings (SSSR count). The van der Waals surface area contributed by atoms with Crippen LogP contribution in [-0.4, -0.2) is 35.5 Å². The van der Waals surface area contributed by atoms with E-state index in [0.717, 1.165) is 16.9 Å². The molecule has 0 radical (unpaired) electrons. The third-order valence-electron chi connectivity index (χ3n) is 3.65. The zero-order chi connectivity index (χ0) is 15.9. The minimum absolute atomic E-state index is 0.0356. The maximum atomic E-state index is 12.0. The first-order valence-electron chi connectivity index (χ1n) is 7.32. The van der Waals surface area contributed by atoms with E-state index in [9.17, 15) is 9.90 Å². The normalized spacial score (nSPS) is 12.3. The number of likely N-dealkylation sites (N-methyl/N-ethyl adjacent to an activating group) is 1. The van der Waals surface area contributed by atoms with Crippen molar-refractivity contribution in [3.63, 3.8) is 0 Å². The Kier molecular flexibility index (Phi) is 5.98. The number of thiophene rings is 1. The first-order valence-corrected chi connectivity index (χ1v) is 8.20. The molecule has 1 heterocycles. The number of aromatic hydroxyl groups is 1. The molecular formula is C17H22N2O2S. The highest BCUT2D eigenvalue weighted by Crippen LogP contribution is 2.13. The summed E-state index contributed by atoms with van der Waals surface area (Å²) in [7, 11) is 1.95. The number of nitrogens with one attached hydrogen (secondary N) is 1. The number of phenolic OH excluding ortho intramolecular Hbond substituents is 1. The molecular weight excluding hydrogens is 296 g/mol. The van der Waals surface area contributed by atoms with E-state index in [1.165, 1.54) is 0 Å². The lowest BCUT2D eigenvalue weighted by Crippen LogP contribution is -2.40. The Morgan fingerprint density at radius 3 is 2.68 bits per heavy atom. The van der Waals surface area contributed by atoms with E-state index in [2.05, 4.69) is 12.2 Å². The fourth-order valence-corrected chi connectivity index (χ4v) is 2.81. The number of hydrogen-bond acceptors (Lipinski definition) is 4. The third kappa shape index (κ3) is 5.16. The second kappa shape index (κ2) is 7.96. The minimum Gasteiger partial charge on any atom is -0.508 e. The first-order chi connectivity index (χ1) is 10.5. The molecule has 2 aromatic rings. The number of carbonyl (C=O) groups excluding carboxylic acids is 1. The maximum Gasteiger partial charge on any atom is 0.234 e. The van der Waals surface area contributed by atoms with Gasteiger partial charge in [-0.1, -0.05) is 18.2 Å². The summed E-state index contributed by atoms with van der Waals surface area (Å²) in [5, 5.41) is 14.2. The van der Waals surface area contributed by atoms with Crippen molar-refractivity contribution < 1.29 is 9.90 Å². The van der Waals surface area contributed by atoms with Crippen molar-refractivity contribution in [3.05, 3.63) is 52.2 Å². The Labute approximate surface area is 135 Å². The van der Waals surface area contributed by atoms with Gasteiger partial charge in [-0.25, -0.2) is 0 Å². The van der Waals surface area contributed by atoms with Crippen molar-refractivity contribution in [1.82, 2.24) is 10.2 Å². The van der Waals surface area contributed by atoms with E-state index in [0.29, 0.717) is 13.1 Å². The number of nitrogens with zero attached hydrogens (tertiary/aromatic N) is 1. The van der Waals surface area contributed by atoms with Crippen LogP contribution in [0.1, 0.15) is 17.4 Å². The monoisotopic (exact) mass is 318 g/mol. The molecule has 0 aliphatic heterocycles. The molecule has 118 valence electrons. The Balaban J connectivity index is 1.76. The number of rotatable bonds is 7. The number of phenols is 1. The van der Waals surface area contributed by atoms with Gasteiger partial charge in [0.25, 0.3) is 0 Å². The molecule has 2 N–H and O–H groups in total. The van der Waals surface area contributed by atoms with Crippen molar-refractivity contribution in [2.45, 2.75) is 25.9 Å². The van der Waals surface area contributed by atoms with Gasteiger partial charge in [-0.15, -0.1) is 11.3 Å². The van der Waals surface area contributed by atoms with Gasteiger partial charge in [-0.05, 0) is 49.5 Å². The van der Waals surface area contributed by atoms with Crippen LogP contribution in [0.2, 0.25) is 0 Å². The van der Waals surface area contributed by atoms with Crippen LogP contribution in [0.4, 0.5) is 0 Å². The molecule has 1 atom stereocenters.